The predicted molar refractivity (Wildman–Crippen MR) is 138 cm³/mol. The van der Waals surface area contributed by atoms with Crippen LogP contribution < -0.4 is 15.3 Å². The van der Waals surface area contributed by atoms with Crippen LogP contribution in [0.4, 0.5) is 6.01 Å². The van der Waals surface area contributed by atoms with Gasteiger partial charge in [-0.05, 0) is 15.8 Å². The second kappa shape index (κ2) is 9.60. The Morgan fingerprint density at radius 2 is 1.60 bits per heavy atom. The molecule has 7 nitrogen and oxygen atoms in total. The minimum absolute atomic E-state index is 0.0472. The van der Waals surface area contributed by atoms with Crippen LogP contribution in [0.3, 0.4) is 0 Å². The van der Waals surface area contributed by atoms with Gasteiger partial charge in [0.25, 0.3) is 11.9 Å². The molecule has 2 aliphatic rings. The summed E-state index contributed by atoms with van der Waals surface area (Å²) >= 11 is 0. The largest absolute Gasteiger partial charge is 0.431 e. The Morgan fingerprint density at radius 1 is 1.00 bits per heavy atom. The summed E-state index contributed by atoms with van der Waals surface area (Å²) in [7, 11) is -0.319. The van der Waals surface area contributed by atoms with E-state index in [1.165, 1.54) is 16.6 Å². The van der Waals surface area contributed by atoms with Gasteiger partial charge in [0.05, 0.1) is 6.10 Å². The van der Waals surface area contributed by atoms with Crippen molar-refractivity contribution in [2.45, 2.75) is 33.1 Å². The van der Waals surface area contributed by atoms with E-state index in [-0.39, 0.29) is 23.7 Å². The second-order valence-electron chi connectivity index (χ2n) is 10.4. The van der Waals surface area contributed by atoms with Crippen LogP contribution >= 0.6 is 0 Å². The average molecular weight is 492 g/mol. The molecule has 0 bridgehead atoms. The minimum atomic E-state index is -1.98. The highest BCUT2D eigenvalue weighted by molar-refractivity contribution is 6.80. The zero-order chi connectivity index (χ0) is 24.6. The molecule has 3 heterocycles. The van der Waals surface area contributed by atoms with Crippen LogP contribution in [-0.2, 0) is 9.16 Å². The molecule has 184 valence electrons. The Hall–Kier alpha value is -2.94. The van der Waals surface area contributed by atoms with Gasteiger partial charge in [-0.15, -0.1) is 0 Å². The van der Waals surface area contributed by atoms with Crippen molar-refractivity contribution in [2.24, 2.45) is 11.3 Å². The number of methoxy groups -OCH3 is 1. The van der Waals surface area contributed by atoms with Gasteiger partial charge < -0.3 is 23.4 Å². The fourth-order valence-electron chi connectivity index (χ4n) is 4.70. The number of hydrogen-bond acceptors (Lipinski definition) is 6. The first kappa shape index (κ1) is 23.8. The van der Waals surface area contributed by atoms with Gasteiger partial charge in [0.15, 0.2) is 5.69 Å². The molecule has 2 unspecified atom stereocenters. The topological polar surface area (TPSA) is 68.0 Å². The number of benzene rings is 2. The van der Waals surface area contributed by atoms with Crippen LogP contribution in [0.15, 0.2) is 71.3 Å². The molecule has 1 aromatic heterocycles. The van der Waals surface area contributed by atoms with Gasteiger partial charge in [-0.1, -0.05) is 81.4 Å². The number of anilines is 1. The number of likely N-dealkylation sites (tertiary alicyclic amines) is 1. The molecule has 2 aromatic carbocycles. The lowest BCUT2D eigenvalue weighted by atomic mass is 9.74. The smallest absolute Gasteiger partial charge is 0.300 e. The summed E-state index contributed by atoms with van der Waals surface area (Å²) in [5, 5.41) is 2.46. The van der Waals surface area contributed by atoms with Gasteiger partial charge in [-0.25, -0.2) is 0 Å². The monoisotopic (exact) mass is 491 g/mol. The molecule has 2 saturated heterocycles. The summed E-state index contributed by atoms with van der Waals surface area (Å²) in [6, 6.07) is 21.4. The van der Waals surface area contributed by atoms with Crippen molar-refractivity contribution < 1.29 is 18.4 Å². The van der Waals surface area contributed by atoms with Crippen molar-refractivity contribution in [3.63, 3.8) is 0 Å². The Balaban J connectivity index is 1.39. The summed E-state index contributed by atoms with van der Waals surface area (Å²) in [5.41, 5.74) is 0.373. The number of carbonyl (C=O) groups excluding carboxylic acids is 1. The second-order valence-corrected chi connectivity index (χ2v) is 12.8. The highest BCUT2D eigenvalue weighted by atomic mass is 28.3. The maximum absolute atomic E-state index is 12.8. The highest BCUT2D eigenvalue weighted by Crippen LogP contribution is 2.42. The van der Waals surface area contributed by atoms with Gasteiger partial charge in [0.2, 0.25) is 9.04 Å². The van der Waals surface area contributed by atoms with E-state index in [0.29, 0.717) is 30.7 Å². The van der Waals surface area contributed by atoms with Gasteiger partial charge in [-0.3, -0.25) is 4.79 Å². The number of oxazole rings is 1. The SMILES string of the molecule is COC1CN(C(=O)c2coc(N3CC(C(C)(C)C)C3O[SiH](c3ccccc3)c3ccccc3)n2)C1. The Kier molecular flexibility index (Phi) is 6.52. The van der Waals surface area contributed by atoms with Crippen molar-refractivity contribution >= 4 is 31.3 Å². The number of rotatable bonds is 7. The maximum atomic E-state index is 12.8. The molecular weight excluding hydrogens is 458 g/mol. The van der Waals surface area contributed by atoms with E-state index in [0.717, 1.165) is 6.54 Å². The van der Waals surface area contributed by atoms with E-state index in [1.54, 1.807) is 12.0 Å². The predicted octanol–water partition coefficient (Wildman–Crippen LogP) is 2.51. The molecule has 5 rings (SSSR count). The quantitative estimate of drug-likeness (QED) is 0.473. The number of ether oxygens (including phenoxy) is 1. The van der Waals surface area contributed by atoms with Gasteiger partial charge in [-0.2, -0.15) is 4.98 Å². The van der Waals surface area contributed by atoms with Crippen LogP contribution in [0, 0.1) is 11.3 Å². The average Bonchev–Trinajstić information content (AvgIpc) is 3.28. The summed E-state index contributed by atoms with van der Waals surface area (Å²) < 4.78 is 18.1. The van der Waals surface area contributed by atoms with E-state index in [2.05, 4.69) is 79.2 Å². The molecule has 0 spiro atoms. The number of nitrogens with zero attached hydrogens (tertiary/aromatic N) is 3. The van der Waals surface area contributed by atoms with Crippen molar-refractivity contribution in [1.82, 2.24) is 9.88 Å². The summed E-state index contributed by atoms with van der Waals surface area (Å²) in [6.07, 6.45) is 1.38. The zero-order valence-corrected chi connectivity index (χ0v) is 21.9. The first-order valence-corrected chi connectivity index (χ1v) is 13.8. The van der Waals surface area contributed by atoms with E-state index < -0.39 is 9.04 Å². The van der Waals surface area contributed by atoms with E-state index in [1.807, 2.05) is 12.1 Å². The van der Waals surface area contributed by atoms with Crippen LogP contribution in [0.2, 0.25) is 0 Å². The van der Waals surface area contributed by atoms with Crippen LogP contribution in [0.25, 0.3) is 0 Å². The lowest BCUT2D eigenvalue weighted by molar-refractivity contribution is -0.0194. The van der Waals surface area contributed by atoms with Gasteiger partial charge in [0.1, 0.15) is 12.5 Å². The van der Waals surface area contributed by atoms with Gasteiger partial charge >= 0.3 is 0 Å². The highest BCUT2D eigenvalue weighted by Gasteiger charge is 2.49. The lowest BCUT2D eigenvalue weighted by Gasteiger charge is -2.53. The number of amides is 1. The maximum Gasteiger partial charge on any atom is 0.300 e. The molecule has 0 radical (unpaired) electrons. The molecule has 0 N–H and O–H groups in total. The normalized spacial score (nSPS) is 20.6. The molecule has 35 heavy (non-hydrogen) atoms. The molecule has 0 saturated carbocycles. The van der Waals surface area contributed by atoms with E-state index >= 15 is 0 Å². The molecule has 1 amide bonds. The lowest BCUT2D eigenvalue weighted by Crippen LogP contribution is -2.65. The van der Waals surface area contributed by atoms with Crippen LogP contribution in [0.1, 0.15) is 31.3 Å². The van der Waals surface area contributed by atoms with Crippen molar-refractivity contribution in [3.8, 4) is 0 Å². The minimum Gasteiger partial charge on any atom is -0.431 e. The zero-order valence-electron chi connectivity index (χ0n) is 20.8. The van der Waals surface area contributed by atoms with Crippen LogP contribution in [0.5, 0.6) is 0 Å². The van der Waals surface area contributed by atoms with Crippen LogP contribution in [-0.4, -0.2) is 63.9 Å². The Morgan fingerprint density at radius 3 is 2.14 bits per heavy atom. The van der Waals surface area contributed by atoms with E-state index in [9.17, 15) is 4.79 Å². The molecule has 2 atom stereocenters. The molecular formula is C27H33N3O4Si. The standard InChI is InChI=1S/C27H33N3O4Si/c1-27(2,3)22-17-30(26-28-23(18-33-26)24(31)29-15-19(16-29)32-4)25(22)34-35(20-11-7-5-8-12-20)21-13-9-6-10-14-21/h5-14,18-19,22,25,35H,15-17H2,1-4H3. The molecule has 2 aliphatic heterocycles. The van der Waals surface area contributed by atoms with Gasteiger partial charge in [0, 0.05) is 32.7 Å². The third-order valence-corrected chi connectivity index (χ3v) is 9.59. The van der Waals surface area contributed by atoms with Crippen molar-refractivity contribution in [3.05, 3.63) is 72.6 Å². The fraction of sp³-hybridized carbons (Fsp3) is 0.407. The molecule has 3 aromatic rings. The molecule has 0 aliphatic carbocycles. The Labute approximate surface area is 208 Å². The number of carbonyl (C=O) groups is 1. The third-order valence-electron chi connectivity index (χ3n) is 7.06. The van der Waals surface area contributed by atoms with Crippen molar-refractivity contribution in [2.75, 3.05) is 31.6 Å². The molecule has 8 heteroatoms. The number of aromatic nitrogens is 1. The first-order chi connectivity index (χ1) is 16.8. The first-order valence-electron chi connectivity index (χ1n) is 12.1. The number of hydrogen-bond donors (Lipinski definition) is 0. The van der Waals surface area contributed by atoms with E-state index in [4.69, 9.17) is 13.6 Å². The summed E-state index contributed by atoms with van der Waals surface area (Å²) in [4.78, 5) is 21.1. The fourth-order valence-corrected chi connectivity index (χ4v) is 7.15. The molecule has 2 fully saturated rings. The third kappa shape index (κ3) is 4.78. The summed E-state index contributed by atoms with van der Waals surface area (Å²) in [5.74, 6) is 0.174. The summed E-state index contributed by atoms with van der Waals surface area (Å²) in [6.45, 7) is 8.66. The van der Waals surface area contributed by atoms with Crippen molar-refractivity contribution in [1.29, 1.82) is 0 Å². The Bertz CT molecular complexity index is 1100.